The first-order valence-corrected chi connectivity index (χ1v) is 10.4. The molecule has 0 saturated carbocycles. The number of ether oxygens (including phenoxy) is 1. The van der Waals surface area contributed by atoms with E-state index in [1.54, 1.807) is 6.07 Å². The van der Waals surface area contributed by atoms with Crippen LogP contribution >= 0.6 is 0 Å². The van der Waals surface area contributed by atoms with Gasteiger partial charge in [0.05, 0.1) is 6.61 Å². The van der Waals surface area contributed by atoms with Crippen molar-refractivity contribution < 1.29 is 13.5 Å². The minimum absolute atomic E-state index is 0.282. The first kappa shape index (κ1) is 20.5. The summed E-state index contributed by atoms with van der Waals surface area (Å²) < 4.78 is 34.0. The maximum atomic E-state index is 14.6. The monoisotopic (exact) mass is 404 g/mol. The van der Waals surface area contributed by atoms with Gasteiger partial charge in [-0.2, -0.15) is 0 Å². The Labute approximate surface area is 177 Å². The Balaban J connectivity index is 1.43. The Bertz CT molecular complexity index is 1030. The van der Waals surface area contributed by atoms with Gasteiger partial charge in [-0.25, -0.2) is 8.78 Å². The van der Waals surface area contributed by atoms with E-state index in [2.05, 4.69) is 55.1 Å². The van der Waals surface area contributed by atoms with Gasteiger partial charge in [-0.15, -0.1) is 6.58 Å². The molecule has 0 N–H and O–H groups in total. The molecule has 154 valence electrons. The average Bonchev–Trinajstić information content (AvgIpc) is 3.61. The number of hydrogen-bond acceptors (Lipinski definition) is 1. The molecule has 3 aromatic carbocycles. The topological polar surface area (TPSA) is 12.5 Å². The van der Waals surface area contributed by atoms with Crippen molar-refractivity contribution in [1.29, 1.82) is 0 Å². The van der Waals surface area contributed by atoms with Crippen molar-refractivity contribution in [3.05, 3.63) is 107 Å². The van der Waals surface area contributed by atoms with Crippen LogP contribution in [0.1, 0.15) is 40.3 Å². The maximum Gasteiger partial charge on any atom is 0.165 e. The van der Waals surface area contributed by atoms with Crippen LogP contribution in [-0.2, 0) is 24.0 Å². The lowest BCUT2D eigenvalue weighted by Gasteiger charge is -2.12. The Hall–Kier alpha value is -2.78. The molecule has 30 heavy (non-hydrogen) atoms. The summed E-state index contributed by atoms with van der Waals surface area (Å²) in [6, 6.07) is 18.6. The summed E-state index contributed by atoms with van der Waals surface area (Å²) in [4.78, 5) is 0. The molecule has 1 fully saturated rings. The van der Waals surface area contributed by atoms with Gasteiger partial charge in [0.15, 0.2) is 11.6 Å². The summed E-state index contributed by atoms with van der Waals surface area (Å²) in [5.74, 6) is -1.49. The summed E-state index contributed by atoms with van der Waals surface area (Å²) in [5, 5.41) is 0. The van der Waals surface area contributed by atoms with Crippen LogP contribution in [-0.4, -0.2) is 6.61 Å². The molecule has 0 amide bonds. The molecule has 1 nitrogen and oxygen atoms in total. The van der Waals surface area contributed by atoms with Gasteiger partial charge >= 0.3 is 0 Å². The van der Waals surface area contributed by atoms with Crippen LogP contribution in [0, 0.1) is 18.6 Å². The van der Waals surface area contributed by atoms with Crippen molar-refractivity contribution in [1.82, 2.24) is 0 Å². The third-order valence-electron chi connectivity index (χ3n) is 5.78. The van der Waals surface area contributed by atoms with Crippen LogP contribution in [0.2, 0.25) is 0 Å². The van der Waals surface area contributed by atoms with Crippen molar-refractivity contribution in [2.75, 3.05) is 6.61 Å². The van der Waals surface area contributed by atoms with E-state index in [4.69, 9.17) is 4.74 Å². The summed E-state index contributed by atoms with van der Waals surface area (Å²) in [6.45, 7) is 6.08. The number of aryl methyl sites for hydroxylation is 3. The number of benzene rings is 3. The summed E-state index contributed by atoms with van der Waals surface area (Å²) >= 11 is 0. The molecule has 1 atom stereocenters. The third kappa shape index (κ3) is 4.52. The van der Waals surface area contributed by atoms with Crippen molar-refractivity contribution in [3.8, 4) is 11.1 Å². The highest BCUT2D eigenvalue weighted by Crippen LogP contribution is 2.35. The van der Waals surface area contributed by atoms with Crippen LogP contribution < -0.4 is 0 Å². The SMILES string of the molecule is C=CCCc1ccc(-c2ccc(CCc3c(C)cc(C4CO4)c(F)c3F)cc2)cc1. The summed E-state index contributed by atoms with van der Waals surface area (Å²) in [5.41, 5.74) is 6.31. The second kappa shape index (κ2) is 8.93. The average molecular weight is 405 g/mol. The molecule has 3 heteroatoms. The fourth-order valence-electron chi connectivity index (χ4n) is 3.85. The zero-order valence-electron chi connectivity index (χ0n) is 17.3. The van der Waals surface area contributed by atoms with Gasteiger partial charge in [0.1, 0.15) is 6.10 Å². The van der Waals surface area contributed by atoms with Gasteiger partial charge in [-0.1, -0.05) is 54.6 Å². The van der Waals surface area contributed by atoms with E-state index in [-0.39, 0.29) is 6.10 Å². The van der Waals surface area contributed by atoms with Crippen LogP contribution in [0.4, 0.5) is 8.78 Å². The fourth-order valence-corrected chi connectivity index (χ4v) is 3.85. The molecule has 3 aromatic rings. The maximum absolute atomic E-state index is 14.6. The molecule has 0 bridgehead atoms. The van der Waals surface area contributed by atoms with Crippen LogP contribution in [0.5, 0.6) is 0 Å². The van der Waals surface area contributed by atoms with E-state index in [0.717, 1.165) is 29.5 Å². The molecule has 1 aliphatic rings. The molecule has 4 rings (SSSR count). The molecule has 0 aromatic heterocycles. The van der Waals surface area contributed by atoms with Gasteiger partial charge in [-0.05, 0) is 72.1 Å². The van der Waals surface area contributed by atoms with Gasteiger partial charge in [0.25, 0.3) is 0 Å². The Morgan fingerprint density at radius 2 is 1.47 bits per heavy atom. The van der Waals surface area contributed by atoms with Crippen LogP contribution in [0.25, 0.3) is 11.1 Å². The first-order chi connectivity index (χ1) is 14.6. The van der Waals surface area contributed by atoms with Crippen LogP contribution in [0.15, 0.2) is 67.3 Å². The summed E-state index contributed by atoms with van der Waals surface area (Å²) in [6.07, 6.45) is 4.78. The second-order valence-corrected chi connectivity index (χ2v) is 7.93. The van der Waals surface area contributed by atoms with Gasteiger partial charge in [0, 0.05) is 5.56 Å². The van der Waals surface area contributed by atoms with E-state index < -0.39 is 11.6 Å². The highest BCUT2D eigenvalue weighted by atomic mass is 19.2. The van der Waals surface area contributed by atoms with E-state index >= 15 is 0 Å². The second-order valence-electron chi connectivity index (χ2n) is 7.93. The molecular weight excluding hydrogens is 378 g/mol. The molecule has 0 aliphatic carbocycles. The van der Waals surface area contributed by atoms with Gasteiger partial charge in [0.2, 0.25) is 0 Å². The van der Waals surface area contributed by atoms with Crippen molar-refractivity contribution in [2.24, 2.45) is 0 Å². The number of halogens is 2. The first-order valence-electron chi connectivity index (χ1n) is 10.4. The largest absolute Gasteiger partial charge is 0.368 e. The molecular formula is C27H26F2O. The zero-order chi connectivity index (χ0) is 21.1. The number of allylic oxidation sites excluding steroid dienone is 1. The normalized spacial score (nSPS) is 15.2. The van der Waals surface area contributed by atoms with E-state index in [1.807, 2.05) is 13.0 Å². The Morgan fingerprint density at radius 3 is 2.00 bits per heavy atom. The minimum atomic E-state index is -0.759. The Morgan fingerprint density at radius 1 is 0.900 bits per heavy atom. The summed E-state index contributed by atoms with van der Waals surface area (Å²) in [7, 11) is 0. The van der Waals surface area contributed by atoms with Crippen LogP contribution in [0.3, 0.4) is 0 Å². The molecule has 1 unspecified atom stereocenters. The minimum Gasteiger partial charge on any atom is -0.368 e. The third-order valence-corrected chi connectivity index (χ3v) is 5.78. The molecule has 0 spiro atoms. The molecule has 1 saturated heterocycles. The zero-order valence-corrected chi connectivity index (χ0v) is 17.3. The number of rotatable bonds is 8. The quantitative estimate of drug-likeness (QED) is 0.293. The van der Waals surface area contributed by atoms with Crippen molar-refractivity contribution in [3.63, 3.8) is 0 Å². The van der Waals surface area contributed by atoms with E-state index in [0.29, 0.717) is 30.6 Å². The molecule has 1 aliphatic heterocycles. The molecule has 1 heterocycles. The highest BCUT2D eigenvalue weighted by molar-refractivity contribution is 5.64. The highest BCUT2D eigenvalue weighted by Gasteiger charge is 2.30. The van der Waals surface area contributed by atoms with E-state index in [9.17, 15) is 8.78 Å². The standard InChI is InChI=1S/C27H26F2O/c1-3-4-5-19-6-11-21(12-7-19)22-13-8-20(9-14-22)10-15-23-18(2)16-24(25-17-30-25)27(29)26(23)28/h3,6-9,11-14,16,25H,1,4-5,10,15,17H2,2H3. The Kier molecular flexibility index (Phi) is 6.10. The van der Waals surface area contributed by atoms with Gasteiger partial charge in [-0.3, -0.25) is 0 Å². The predicted octanol–water partition coefficient (Wildman–Crippen LogP) is 6.92. The van der Waals surface area contributed by atoms with E-state index in [1.165, 1.54) is 11.1 Å². The number of hydrogen-bond donors (Lipinski definition) is 0. The van der Waals surface area contributed by atoms with Crippen molar-refractivity contribution in [2.45, 2.75) is 38.7 Å². The van der Waals surface area contributed by atoms with Crippen molar-refractivity contribution >= 4 is 0 Å². The fraction of sp³-hybridized carbons (Fsp3) is 0.259. The lowest BCUT2D eigenvalue weighted by atomic mass is 9.95. The molecule has 0 radical (unpaired) electrons. The predicted molar refractivity (Wildman–Crippen MR) is 118 cm³/mol. The number of epoxide rings is 1. The lowest BCUT2D eigenvalue weighted by molar-refractivity contribution is 0.400. The smallest absolute Gasteiger partial charge is 0.165 e. The lowest BCUT2D eigenvalue weighted by Crippen LogP contribution is -2.04. The van der Waals surface area contributed by atoms with Gasteiger partial charge < -0.3 is 4.74 Å².